The fourth-order valence-corrected chi connectivity index (χ4v) is 3.77. The second-order valence-corrected chi connectivity index (χ2v) is 7.82. The van der Waals surface area contributed by atoms with Crippen LogP contribution in [0.1, 0.15) is 13.3 Å². The van der Waals surface area contributed by atoms with E-state index in [0.717, 1.165) is 49.5 Å². The number of H-pyrrole nitrogens is 1. The first-order valence-electron chi connectivity index (χ1n) is 9.90. The maximum Gasteiger partial charge on any atom is 0.490 e. The number of fused-ring (bicyclic) bond motifs is 1. The molecule has 2 aromatic heterocycles. The van der Waals surface area contributed by atoms with Gasteiger partial charge in [0, 0.05) is 39.4 Å². The smallest absolute Gasteiger partial charge is 0.475 e. The Morgan fingerprint density at radius 3 is 2.55 bits per heavy atom. The van der Waals surface area contributed by atoms with Gasteiger partial charge in [-0.1, -0.05) is 6.92 Å². The van der Waals surface area contributed by atoms with E-state index in [9.17, 15) is 18.0 Å². The number of rotatable bonds is 3. The summed E-state index contributed by atoms with van der Waals surface area (Å²) in [6, 6.07) is 2.28. The zero-order valence-corrected chi connectivity index (χ0v) is 17.2. The lowest BCUT2D eigenvalue weighted by molar-refractivity contribution is -0.192. The molecular formula is C19H25F3N6O3. The van der Waals surface area contributed by atoms with E-state index in [0.29, 0.717) is 11.8 Å². The predicted molar refractivity (Wildman–Crippen MR) is 106 cm³/mol. The number of anilines is 1. The Morgan fingerprint density at radius 1 is 1.29 bits per heavy atom. The molecule has 0 aromatic carbocycles. The number of nitrogens with zero attached hydrogens (tertiary/aromatic N) is 4. The molecule has 2 aromatic rings. The molecule has 4 rings (SSSR count). The maximum absolute atomic E-state index is 12.6. The number of carbonyl (C=O) groups is 2. The molecule has 0 saturated carbocycles. The zero-order valence-electron chi connectivity index (χ0n) is 17.2. The Kier molecular flexibility index (Phi) is 6.68. The Morgan fingerprint density at radius 2 is 1.97 bits per heavy atom. The molecular weight excluding hydrogens is 417 g/mol. The molecule has 4 heterocycles. The number of aromatic amines is 1. The first-order valence-corrected chi connectivity index (χ1v) is 9.90. The second-order valence-electron chi connectivity index (χ2n) is 7.82. The normalized spacial score (nSPS) is 21.8. The van der Waals surface area contributed by atoms with Crippen LogP contribution in [0.3, 0.4) is 0 Å². The third-order valence-electron chi connectivity index (χ3n) is 5.77. The van der Waals surface area contributed by atoms with Crippen molar-refractivity contribution in [3.63, 3.8) is 0 Å². The maximum atomic E-state index is 12.6. The van der Waals surface area contributed by atoms with E-state index in [1.807, 2.05) is 17.2 Å². The molecule has 0 spiro atoms. The lowest BCUT2D eigenvalue weighted by atomic mass is 9.90. The average Bonchev–Trinajstić information content (AvgIpc) is 3.15. The number of aliphatic carboxylic acids is 1. The number of carboxylic acid groups (broad SMARTS) is 1. The van der Waals surface area contributed by atoms with Gasteiger partial charge in [0.2, 0.25) is 5.91 Å². The molecule has 170 valence electrons. The van der Waals surface area contributed by atoms with E-state index in [2.05, 4.69) is 39.1 Å². The number of alkyl halides is 3. The van der Waals surface area contributed by atoms with Crippen molar-refractivity contribution in [1.29, 1.82) is 0 Å². The Bertz CT molecular complexity index is 930. The zero-order chi connectivity index (χ0) is 22.8. The van der Waals surface area contributed by atoms with Gasteiger partial charge in [-0.25, -0.2) is 14.8 Å². The molecule has 0 radical (unpaired) electrons. The Labute approximate surface area is 176 Å². The van der Waals surface area contributed by atoms with Gasteiger partial charge in [0.05, 0.1) is 17.3 Å². The number of likely N-dealkylation sites (N-methyl/N-ethyl adjacent to an activating group) is 1. The van der Waals surface area contributed by atoms with Crippen molar-refractivity contribution in [2.45, 2.75) is 25.6 Å². The van der Waals surface area contributed by atoms with Gasteiger partial charge in [0.15, 0.2) is 0 Å². The summed E-state index contributed by atoms with van der Waals surface area (Å²) in [5, 5.41) is 11.3. The first kappa shape index (κ1) is 22.8. The van der Waals surface area contributed by atoms with Crippen molar-refractivity contribution < 1.29 is 27.9 Å². The summed E-state index contributed by atoms with van der Waals surface area (Å²) in [5.41, 5.74) is 0.851. The van der Waals surface area contributed by atoms with Crippen LogP contribution in [0.15, 0.2) is 18.6 Å². The predicted octanol–water partition coefficient (Wildman–Crippen LogP) is 1.48. The van der Waals surface area contributed by atoms with Gasteiger partial charge in [0.25, 0.3) is 0 Å². The highest BCUT2D eigenvalue weighted by atomic mass is 19.4. The van der Waals surface area contributed by atoms with E-state index < -0.39 is 12.1 Å². The molecule has 2 aliphatic rings. The molecule has 31 heavy (non-hydrogen) atoms. The van der Waals surface area contributed by atoms with Gasteiger partial charge in [-0.05, 0) is 18.4 Å². The van der Waals surface area contributed by atoms with E-state index in [1.54, 1.807) is 6.33 Å². The van der Waals surface area contributed by atoms with Crippen LogP contribution in [0.2, 0.25) is 0 Å². The second kappa shape index (κ2) is 9.08. The monoisotopic (exact) mass is 442 g/mol. The molecule has 2 aliphatic heterocycles. The fraction of sp³-hybridized carbons (Fsp3) is 0.579. The van der Waals surface area contributed by atoms with E-state index in [4.69, 9.17) is 9.90 Å². The Hall–Kier alpha value is -2.89. The lowest BCUT2D eigenvalue weighted by Gasteiger charge is -2.44. The molecule has 3 N–H and O–H groups in total. The van der Waals surface area contributed by atoms with Crippen LogP contribution >= 0.6 is 0 Å². The molecule has 0 bridgehead atoms. The number of carbonyl (C=O) groups excluding carboxylic acids is 1. The van der Waals surface area contributed by atoms with Crippen molar-refractivity contribution >= 4 is 28.7 Å². The SMILES string of the molecule is CC1CCN(C(=O)C2CNC2)CC1N(C)c1ncnc2[nH]ccc12.O=C(O)C(F)(F)F. The molecule has 2 atom stereocenters. The highest BCUT2D eigenvalue weighted by Crippen LogP contribution is 2.29. The van der Waals surface area contributed by atoms with E-state index >= 15 is 0 Å². The van der Waals surface area contributed by atoms with Gasteiger partial charge < -0.3 is 25.2 Å². The van der Waals surface area contributed by atoms with E-state index in [-0.39, 0.29) is 12.0 Å². The minimum absolute atomic E-state index is 0.166. The summed E-state index contributed by atoms with van der Waals surface area (Å²) < 4.78 is 31.7. The van der Waals surface area contributed by atoms with Crippen LogP contribution in [0.25, 0.3) is 11.0 Å². The molecule has 12 heteroatoms. The number of piperidine rings is 1. The molecule has 2 saturated heterocycles. The number of aromatic nitrogens is 3. The first-order chi connectivity index (χ1) is 14.6. The molecule has 1 amide bonds. The number of amides is 1. The van der Waals surface area contributed by atoms with Crippen LogP contribution in [-0.2, 0) is 9.59 Å². The van der Waals surface area contributed by atoms with Gasteiger partial charge in [-0.15, -0.1) is 0 Å². The topological polar surface area (TPSA) is 114 Å². The molecule has 2 unspecified atom stereocenters. The summed E-state index contributed by atoms with van der Waals surface area (Å²) in [6.07, 6.45) is -0.566. The van der Waals surface area contributed by atoms with Crippen molar-refractivity contribution in [2.24, 2.45) is 11.8 Å². The van der Waals surface area contributed by atoms with Gasteiger partial charge in [-0.3, -0.25) is 4.79 Å². The van der Waals surface area contributed by atoms with Crippen LogP contribution in [0.5, 0.6) is 0 Å². The fourth-order valence-electron chi connectivity index (χ4n) is 3.77. The number of carboxylic acids is 1. The van der Waals surface area contributed by atoms with E-state index in [1.165, 1.54) is 0 Å². The molecule has 9 nitrogen and oxygen atoms in total. The highest BCUT2D eigenvalue weighted by Gasteiger charge is 2.38. The largest absolute Gasteiger partial charge is 0.490 e. The standard InChI is InChI=1S/C17H24N6O.C2HF3O2/c1-11-4-6-23(17(24)12-7-18-8-12)9-14(11)22(2)16-13-3-5-19-15(13)20-10-21-16;3-2(4,5)1(6)7/h3,5,10-12,14,18H,4,6-9H2,1-2H3,(H,19,20,21);(H,6,7). The average molecular weight is 442 g/mol. The number of halogens is 3. The van der Waals surface area contributed by atoms with Gasteiger partial charge in [-0.2, -0.15) is 13.2 Å². The Balaban J connectivity index is 0.000000339. The van der Waals surface area contributed by atoms with Gasteiger partial charge >= 0.3 is 12.1 Å². The van der Waals surface area contributed by atoms with Crippen molar-refractivity contribution in [1.82, 2.24) is 25.2 Å². The summed E-state index contributed by atoms with van der Waals surface area (Å²) in [4.78, 5) is 37.7. The summed E-state index contributed by atoms with van der Waals surface area (Å²) in [7, 11) is 2.08. The van der Waals surface area contributed by atoms with Crippen LogP contribution < -0.4 is 10.2 Å². The number of hydrogen-bond acceptors (Lipinski definition) is 6. The number of likely N-dealkylation sites (tertiary alicyclic amines) is 1. The van der Waals surface area contributed by atoms with Gasteiger partial charge in [0.1, 0.15) is 17.8 Å². The minimum atomic E-state index is -5.08. The summed E-state index contributed by atoms with van der Waals surface area (Å²) in [5.74, 6) is -0.846. The third-order valence-corrected chi connectivity index (χ3v) is 5.77. The lowest BCUT2D eigenvalue weighted by Crippen LogP contribution is -2.58. The van der Waals surface area contributed by atoms with Crippen LogP contribution in [0, 0.1) is 11.8 Å². The molecule has 2 fully saturated rings. The number of hydrogen-bond donors (Lipinski definition) is 3. The quantitative estimate of drug-likeness (QED) is 0.660. The highest BCUT2D eigenvalue weighted by molar-refractivity contribution is 5.87. The van der Waals surface area contributed by atoms with Crippen molar-refractivity contribution in [3.05, 3.63) is 18.6 Å². The van der Waals surface area contributed by atoms with Crippen LogP contribution in [-0.4, -0.2) is 82.3 Å². The summed E-state index contributed by atoms with van der Waals surface area (Å²) >= 11 is 0. The minimum Gasteiger partial charge on any atom is -0.475 e. The third kappa shape index (κ3) is 5.06. The van der Waals surface area contributed by atoms with Crippen molar-refractivity contribution in [2.75, 3.05) is 38.1 Å². The molecule has 0 aliphatic carbocycles. The van der Waals surface area contributed by atoms with Crippen LogP contribution in [0.4, 0.5) is 19.0 Å². The van der Waals surface area contributed by atoms with Crippen molar-refractivity contribution in [3.8, 4) is 0 Å². The number of nitrogens with one attached hydrogen (secondary N) is 2. The summed E-state index contributed by atoms with van der Waals surface area (Å²) in [6.45, 7) is 5.54.